The number of aliphatic hydroxyl groups excluding tert-OH is 1. The van der Waals surface area contributed by atoms with Gasteiger partial charge in [-0.2, -0.15) is 11.4 Å². The Hall–Kier alpha value is -5.35. The van der Waals surface area contributed by atoms with E-state index in [0.29, 0.717) is 63.7 Å². The molecule has 1 fully saturated rings. The minimum absolute atomic E-state index is 0. The van der Waals surface area contributed by atoms with Crippen molar-refractivity contribution >= 4 is 42.5 Å². The van der Waals surface area contributed by atoms with Gasteiger partial charge in [-0.15, -0.1) is 40.1 Å². The molecule has 0 aliphatic carbocycles. The van der Waals surface area contributed by atoms with E-state index in [4.69, 9.17) is 20.3 Å². The molecule has 1 saturated heterocycles. The third kappa shape index (κ3) is 13.8. The SMILES string of the molecule is C=C[C@@H]1/C2=C/c3[n-]c(c(CCC(=O)O)c3C)/C=c3\[n-]/c(c(C=O)c3CCC(=O)O)=C\c3[n-]c(c([C@@H](O)CC/C=C(\C)CC/C=C(\C)CC/C=C(\C)CCC=C(C)C)c3C)/C=C(\[N-]2)C1C.[Fe+4]. The molecule has 346 valence electrons. The van der Waals surface area contributed by atoms with E-state index in [1.807, 2.05) is 32.1 Å². The van der Waals surface area contributed by atoms with E-state index < -0.39 is 18.0 Å². The van der Waals surface area contributed by atoms with E-state index in [2.05, 4.69) is 72.4 Å². The molecule has 0 saturated carbocycles. The molecule has 2 aliphatic rings. The third-order valence-electron chi connectivity index (χ3n) is 12.5. The second-order valence-corrected chi connectivity index (χ2v) is 17.8. The van der Waals surface area contributed by atoms with Crippen LogP contribution in [-0.2, 0) is 39.5 Å². The number of carbonyl (C=O) groups excluding carboxylic acids is 1. The summed E-state index contributed by atoms with van der Waals surface area (Å²) < 4.78 is 0. The van der Waals surface area contributed by atoms with Gasteiger partial charge in [0.15, 0.2) is 0 Å². The Labute approximate surface area is 395 Å². The number of hydrogen-bond acceptors (Lipinski definition) is 4. The summed E-state index contributed by atoms with van der Waals surface area (Å²) in [5, 5.41) is 37.0. The summed E-state index contributed by atoms with van der Waals surface area (Å²) in [6.45, 7) is 20.9. The molecule has 11 heteroatoms. The average molecular weight is 923 g/mol. The Bertz CT molecular complexity index is 2550. The molecule has 1 unspecified atom stereocenters. The zero-order chi connectivity index (χ0) is 46.7. The summed E-state index contributed by atoms with van der Waals surface area (Å²) in [5.41, 5.74) is 12.9. The van der Waals surface area contributed by atoms with Crippen molar-refractivity contribution < 1.29 is 46.8 Å². The molecule has 0 radical (unpaired) electrons. The van der Waals surface area contributed by atoms with Gasteiger partial charge in [0.25, 0.3) is 0 Å². The molecule has 5 heterocycles. The van der Waals surface area contributed by atoms with Crippen LogP contribution in [0.15, 0.2) is 70.6 Å². The first-order valence-electron chi connectivity index (χ1n) is 22.7. The van der Waals surface area contributed by atoms with Crippen molar-refractivity contribution in [3.63, 3.8) is 0 Å². The van der Waals surface area contributed by atoms with Gasteiger partial charge in [0.05, 0.1) is 6.10 Å². The van der Waals surface area contributed by atoms with Crippen molar-refractivity contribution in [2.75, 3.05) is 0 Å². The Kier molecular flexibility index (Phi) is 19.5. The summed E-state index contributed by atoms with van der Waals surface area (Å²) >= 11 is 0. The van der Waals surface area contributed by atoms with Gasteiger partial charge in [0.2, 0.25) is 0 Å². The smallest absolute Gasteiger partial charge is 0.664 e. The van der Waals surface area contributed by atoms with Gasteiger partial charge in [0.1, 0.15) is 6.29 Å². The van der Waals surface area contributed by atoms with Gasteiger partial charge in [-0.3, -0.25) is 14.4 Å². The standard InChI is InChI=1S/C54H68N4O6.Fe/c1-10-39-36(7)44-29-50-54(51(60)22-14-21-35(6)20-13-19-34(5)18-12-17-33(4)16-11-15-32(2)3)38(9)45(57-50)28-49-42(31-59)41(24-26-53(63)64)48(58-49)30-47-40(23-25-52(61)62)37(8)43(56-47)27-46(39)55-44;/h10,15,17,19,21,27-31,36,39,51,60H,1,11-14,16,18,20,22-26H2,2-9H3,(H4,55,56,59,61,62,63,64);/q-2;+4/p-2/b33-17+,34-19+,35-21+,44-29-,49-28-;/t36?,39-,51-;/m0./s1. The Morgan fingerprint density at radius 3 is 1.77 bits per heavy atom. The van der Waals surface area contributed by atoms with Crippen LogP contribution in [0.4, 0.5) is 0 Å². The molecule has 2 aliphatic heterocycles. The summed E-state index contributed by atoms with van der Waals surface area (Å²) in [7, 11) is 0. The van der Waals surface area contributed by atoms with Crippen LogP contribution in [0.1, 0.15) is 173 Å². The Morgan fingerprint density at radius 2 is 1.20 bits per heavy atom. The molecule has 3 aromatic heterocycles. The zero-order valence-electron chi connectivity index (χ0n) is 39.4. The van der Waals surface area contributed by atoms with Crippen LogP contribution >= 0.6 is 0 Å². The van der Waals surface area contributed by atoms with Crippen molar-refractivity contribution in [1.29, 1.82) is 0 Å². The molecule has 0 spiro atoms. The van der Waals surface area contributed by atoms with Crippen LogP contribution in [-0.4, -0.2) is 33.5 Å². The number of carboxylic acid groups (broad SMARTS) is 2. The number of aldehydes is 1. The van der Waals surface area contributed by atoms with Gasteiger partial charge in [-0.1, -0.05) is 106 Å². The van der Waals surface area contributed by atoms with E-state index in [1.54, 1.807) is 12.2 Å². The van der Waals surface area contributed by atoms with Crippen LogP contribution in [0, 0.1) is 25.7 Å². The predicted octanol–water partition coefficient (Wildman–Crippen LogP) is 10.2. The van der Waals surface area contributed by atoms with E-state index in [9.17, 15) is 29.7 Å². The first-order chi connectivity index (χ1) is 30.5. The Balaban J connectivity index is 0.00000925. The second kappa shape index (κ2) is 24.3. The van der Waals surface area contributed by atoms with Crippen LogP contribution in [0.3, 0.4) is 0 Å². The number of carbonyl (C=O) groups is 3. The van der Waals surface area contributed by atoms with E-state index in [1.165, 1.54) is 22.3 Å². The molecular formula is C54H66FeN4O6. The number of carboxylic acids is 2. The van der Waals surface area contributed by atoms with Gasteiger partial charge in [-0.05, 0) is 130 Å². The van der Waals surface area contributed by atoms with E-state index in [0.717, 1.165) is 66.6 Å². The van der Waals surface area contributed by atoms with Gasteiger partial charge < -0.3 is 35.6 Å². The van der Waals surface area contributed by atoms with Crippen LogP contribution < -0.4 is 25.7 Å². The molecule has 65 heavy (non-hydrogen) atoms. The summed E-state index contributed by atoms with van der Waals surface area (Å²) in [6.07, 6.45) is 25.5. The van der Waals surface area contributed by atoms with Gasteiger partial charge in [-0.25, -0.2) is 0 Å². The number of hydrogen-bond donors (Lipinski definition) is 3. The topological polar surface area (TPSA) is 168 Å². The summed E-state index contributed by atoms with van der Waals surface area (Å²) in [4.78, 5) is 51.2. The monoisotopic (exact) mass is 922 g/mol. The molecule has 0 amide bonds. The largest absolute Gasteiger partial charge is 4.00 e. The fourth-order valence-corrected chi connectivity index (χ4v) is 8.66. The van der Waals surface area contributed by atoms with E-state index >= 15 is 0 Å². The molecule has 3 atom stereocenters. The number of rotatable bonds is 21. The minimum atomic E-state index is -1.02. The summed E-state index contributed by atoms with van der Waals surface area (Å²) in [5.74, 6) is -2.18. The van der Waals surface area contributed by atoms with Crippen molar-refractivity contribution in [1.82, 2.24) is 15.0 Å². The number of aliphatic carboxylic acids is 2. The maximum Gasteiger partial charge on any atom is 4.00 e. The number of aliphatic hydroxyl groups is 1. The molecule has 5 rings (SSSR count). The van der Waals surface area contributed by atoms with Crippen molar-refractivity contribution in [2.45, 2.75) is 139 Å². The normalized spacial score (nSPS) is 19.2. The zero-order valence-corrected chi connectivity index (χ0v) is 40.5. The van der Waals surface area contributed by atoms with Crippen LogP contribution in [0.5, 0.6) is 0 Å². The molecule has 8 bridgehead atoms. The molecule has 10 nitrogen and oxygen atoms in total. The fraction of sp³-hybridized carbons (Fsp3) is 0.426. The number of allylic oxidation sites excluding steroid dienone is 10. The quantitative estimate of drug-likeness (QED) is 0.0535. The van der Waals surface area contributed by atoms with Crippen molar-refractivity contribution in [3.8, 4) is 0 Å². The first-order valence-corrected chi connectivity index (χ1v) is 22.7. The fourth-order valence-electron chi connectivity index (χ4n) is 8.66. The summed E-state index contributed by atoms with van der Waals surface area (Å²) in [6, 6.07) is 0. The predicted molar refractivity (Wildman–Crippen MR) is 257 cm³/mol. The average Bonchev–Trinajstić information content (AvgIpc) is 3.91. The van der Waals surface area contributed by atoms with Crippen molar-refractivity contribution in [3.05, 3.63) is 143 Å². The molecular weight excluding hydrogens is 856 g/mol. The van der Waals surface area contributed by atoms with Gasteiger partial charge in [0, 0.05) is 18.4 Å². The second-order valence-electron chi connectivity index (χ2n) is 17.8. The van der Waals surface area contributed by atoms with Gasteiger partial charge >= 0.3 is 29.0 Å². The Morgan fingerprint density at radius 1 is 0.677 bits per heavy atom. The van der Waals surface area contributed by atoms with E-state index in [-0.39, 0.29) is 60.2 Å². The molecule has 0 aromatic carbocycles. The van der Waals surface area contributed by atoms with Crippen LogP contribution in [0.2, 0.25) is 0 Å². The maximum atomic E-state index is 12.8. The van der Waals surface area contributed by atoms with Crippen molar-refractivity contribution in [2.24, 2.45) is 11.8 Å². The van der Waals surface area contributed by atoms with Crippen LogP contribution in [0.25, 0.3) is 29.6 Å². The first kappa shape index (κ1) is 52.3. The molecule has 3 N–H and O–H groups in total. The number of nitrogens with zero attached hydrogens (tertiary/aromatic N) is 4. The third-order valence-corrected chi connectivity index (χ3v) is 12.5. The number of fused-ring (bicyclic) bond motifs is 8. The number of aromatic nitrogens is 3. The minimum Gasteiger partial charge on any atom is -0.664 e. The maximum absolute atomic E-state index is 12.8. The molecule has 3 aromatic rings.